The van der Waals surface area contributed by atoms with Crippen LogP contribution in [0.3, 0.4) is 0 Å². The molecule has 0 aromatic heterocycles. The van der Waals surface area contributed by atoms with E-state index in [9.17, 15) is 35.7 Å². The number of phenolic OH excluding ortho intramolecular Hbond substituents is 2. The molecule has 0 saturated heterocycles. The third-order valence-corrected chi connectivity index (χ3v) is 10.0. The summed E-state index contributed by atoms with van der Waals surface area (Å²) in [5, 5.41) is 71.9. The van der Waals surface area contributed by atoms with Gasteiger partial charge in [-0.3, -0.25) is 0 Å². The standard InChI is InChI=1S/C28H40O11S2/c1-36-24-10-17-3-4-18(38-14-30)11-21(32)20(7-16-8-25(37-2)28(35)26(9-16)39-15-31)23(34)13-40-41-27(5-6-29)19(17)12-22(24)33/h8-10,12,18,20-21,23,27,29-35H,3-7,11,13-15H2,1-2H3. The van der Waals surface area contributed by atoms with Crippen molar-refractivity contribution in [2.45, 2.75) is 55.7 Å². The van der Waals surface area contributed by atoms with Crippen LogP contribution >= 0.6 is 21.6 Å². The van der Waals surface area contributed by atoms with Crippen LogP contribution < -0.4 is 14.2 Å². The van der Waals surface area contributed by atoms with Crippen LogP contribution in [0.5, 0.6) is 28.7 Å². The Morgan fingerprint density at radius 1 is 0.902 bits per heavy atom. The van der Waals surface area contributed by atoms with Gasteiger partial charge in [0, 0.05) is 23.5 Å². The maximum absolute atomic E-state index is 11.4. The molecule has 0 saturated carbocycles. The molecule has 1 aliphatic heterocycles. The van der Waals surface area contributed by atoms with E-state index in [4.69, 9.17) is 18.9 Å². The molecule has 3 rings (SSSR count). The van der Waals surface area contributed by atoms with Crippen molar-refractivity contribution < 1.29 is 54.7 Å². The molecule has 1 aliphatic rings. The minimum atomic E-state index is -1.03. The topological polar surface area (TPSA) is 179 Å². The van der Waals surface area contributed by atoms with E-state index in [1.165, 1.54) is 41.9 Å². The van der Waals surface area contributed by atoms with E-state index in [-0.39, 0.29) is 53.4 Å². The van der Waals surface area contributed by atoms with Gasteiger partial charge in [-0.2, -0.15) is 0 Å². The lowest BCUT2D eigenvalue weighted by atomic mass is 9.85. The van der Waals surface area contributed by atoms with Gasteiger partial charge in [0.25, 0.3) is 0 Å². The summed E-state index contributed by atoms with van der Waals surface area (Å²) in [6.07, 6.45) is -0.931. The SMILES string of the molecule is COc1cc2c(cc1O)C(CCO)SSCC(O)C(Cc1cc(OC)c(O)c(OCO)c1)C(O)CC(OCO)CC2. The largest absolute Gasteiger partial charge is 0.504 e. The zero-order valence-corrected chi connectivity index (χ0v) is 24.8. The quantitative estimate of drug-likeness (QED) is 0.153. The predicted octanol–water partition coefficient (Wildman–Crippen LogP) is 2.50. The summed E-state index contributed by atoms with van der Waals surface area (Å²) in [4.78, 5) is 0. The van der Waals surface area contributed by atoms with Crippen LogP contribution in [0.2, 0.25) is 0 Å². The third-order valence-electron chi connectivity index (χ3n) is 7.15. The summed E-state index contributed by atoms with van der Waals surface area (Å²) < 4.78 is 21.3. The number of hydrogen-bond donors (Lipinski definition) is 7. The highest BCUT2D eigenvalue weighted by atomic mass is 33.1. The van der Waals surface area contributed by atoms with Crippen LogP contribution in [0.15, 0.2) is 24.3 Å². The first-order valence-electron chi connectivity index (χ1n) is 13.3. The molecule has 0 fully saturated rings. The maximum Gasteiger partial charge on any atom is 0.200 e. The maximum atomic E-state index is 11.4. The van der Waals surface area contributed by atoms with E-state index in [2.05, 4.69) is 0 Å². The fourth-order valence-corrected chi connectivity index (χ4v) is 7.92. The minimum absolute atomic E-state index is 0.00480. The number of aliphatic hydroxyl groups excluding tert-OH is 5. The van der Waals surface area contributed by atoms with Crippen LogP contribution in [0, 0.1) is 5.92 Å². The number of ether oxygens (including phenoxy) is 4. The van der Waals surface area contributed by atoms with Gasteiger partial charge < -0.3 is 54.7 Å². The van der Waals surface area contributed by atoms with Gasteiger partial charge in [-0.25, -0.2) is 0 Å². The van der Waals surface area contributed by atoms with Crippen molar-refractivity contribution in [2.24, 2.45) is 5.92 Å². The molecular formula is C28H40O11S2. The number of hydrogen-bond acceptors (Lipinski definition) is 13. The summed E-state index contributed by atoms with van der Waals surface area (Å²) >= 11 is 0. The molecular weight excluding hydrogens is 576 g/mol. The number of rotatable bonds is 10. The zero-order valence-electron chi connectivity index (χ0n) is 23.1. The molecule has 41 heavy (non-hydrogen) atoms. The van der Waals surface area contributed by atoms with Crippen molar-refractivity contribution in [3.05, 3.63) is 41.0 Å². The highest BCUT2D eigenvalue weighted by Crippen LogP contribution is 2.46. The van der Waals surface area contributed by atoms with Crippen molar-refractivity contribution in [2.75, 3.05) is 40.2 Å². The van der Waals surface area contributed by atoms with Gasteiger partial charge in [-0.1, -0.05) is 21.6 Å². The van der Waals surface area contributed by atoms with Crippen LogP contribution in [0.1, 0.15) is 41.2 Å². The number of aliphatic hydroxyl groups is 5. The second-order valence-corrected chi connectivity index (χ2v) is 12.3. The highest BCUT2D eigenvalue weighted by Gasteiger charge is 2.32. The van der Waals surface area contributed by atoms with Crippen molar-refractivity contribution in [3.8, 4) is 28.7 Å². The van der Waals surface area contributed by atoms with E-state index in [0.717, 1.165) is 11.1 Å². The first kappa shape index (κ1) is 33.4. The molecule has 5 unspecified atom stereocenters. The normalized spacial score (nSPS) is 23.9. The molecule has 2 aromatic carbocycles. The molecule has 0 bridgehead atoms. The first-order chi connectivity index (χ1) is 19.8. The van der Waals surface area contributed by atoms with E-state index in [0.29, 0.717) is 30.6 Å². The second kappa shape index (κ2) is 16.5. The van der Waals surface area contributed by atoms with Crippen LogP contribution in [-0.4, -0.2) is 94.2 Å². The van der Waals surface area contributed by atoms with Crippen LogP contribution in [-0.2, 0) is 17.6 Å². The van der Waals surface area contributed by atoms with E-state index < -0.39 is 37.8 Å². The van der Waals surface area contributed by atoms with E-state index >= 15 is 0 Å². The van der Waals surface area contributed by atoms with Gasteiger partial charge in [0.1, 0.15) is 6.79 Å². The number of aryl methyl sites for hydroxylation is 1. The molecule has 0 aliphatic carbocycles. The second-order valence-electron chi connectivity index (χ2n) is 9.72. The molecule has 11 nitrogen and oxygen atoms in total. The molecule has 230 valence electrons. The summed E-state index contributed by atoms with van der Waals surface area (Å²) in [6.45, 7) is -1.29. The molecule has 13 heteroatoms. The molecule has 1 heterocycles. The van der Waals surface area contributed by atoms with Gasteiger partial charge in [0.2, 0.25) is 5.75 Å². The average Bonchev–Trinajstić information content (AvgIpc) is 2.96. The molecule has 0 amide bonds. The van der Waals surface area contributed by atoms with Crippen LogP contribution in [0.4, 0.5) is 0 Å². The lowest BCUT2D eigenvalue weighted by molar-refractivity contribution is -0.0808. The number of aromatic hydroxyl groups is 2. The Kier molecular flexibility index (Phi) is 13.5. The Bertz CT molecular complexity index is 1100. The lowest BCUT2D eigenvalue weighted by Crippen LogP contribution is -2.38. The third kappa shape index (κ3) is 8.94. The summed E-state index contributed by atoms with van der Waals surface area (Å²) in [5.41, 5.74) is 2.31. The lowest BCUT2D eigenvalue weighted by Gasteiger charge is -2.30. The fourth-order valence-electron chi connectivity index (χ4n) is 5.02. The Hall–Kier alpha value is -2.10. The number of fused-ring (bicyclic) bond motifs is 1. The monoisotopic (exact) mass is 616 g/mol. The number of phenols is 2. The summed E-state index contributed by atoms with van der Waals surface area (Å²) in [6, 6.07) is 6.50. The van der Waals surface area contributed by atoms with Gasteiger partial charge in [-0.05, 0) is 73.1 Å². The summed E-state index contributed by atoms with van der Waals surface area (Å²) in [7, 11) is 5.71. The Morgan fingerprint density at radius 2 is 1.63 bits per heavy atom. The molecule has 5 atom stereocenters. The molecule has 2 aromatic rings. The Morgan fingerprint density at radius 3 is 2.29 bits per heavy atom. The Balaban J connectivity index is 1.96. The number of benzene rings is 2. The predicted molar refractivity (Wildman–Crippen MR) is 156 cm³/mol. The highest BCUT2D eigenvalue weighted by molar-refractivity contribution is 8.76. The minimum Gasteiger partial charge on any atom is -0.504 e. The summed E-state index contributed by atoms with van der Waals surface area (Å²) in [5.74, 6) is -0.282. The Labute approximate surface area is 247 Å². The smallest absolute Gasteiger partial charge is 0.200 e. The molecule has 7 N–H and O–H groups in total. The fraction of sp³-hybridized carbons (Fsp3) is 0.571. The molecule has 0 spiro atoms. The van der Waals surface area contributed by atoms with Crippen molar-refractivity contribution >= 4 is 21.6 Å². The molecule has 0 radical (unpaired) electrons. The van der Waals surface area contributed by atoms with Crippen molar-refractivity contribution in [1.29, 1.82) is 0 Å². The van der Waals surface area contributed by atoms with Gasteiger partial charge in [0.05, 0.1) is 32.5 Å². The van der Waals surface area contributed by atoms with Crippen molar-refractivity contribution in [3.63, 3.8) is 0 Å². The van der Waals surface area contributed by atoms with Crippen molar-refractivity contribution in [1.82, 2.24) is 0 Å². The first-order valence-corrected chi connectivity index (χ1v) is 15.6. The van der Waals surface area contributed by atoms with Gasteiger partial charge in [-0.15, -0.1) is 0 Å². The van der Waals surface area contributed by atoms with E-state index in [1.807, 2.05) is 0 Å². The van der Waals surface area contributed by atoms with Crippen LogP contribution in [0.25, 0.3) is 0 Å². The van der Waals surface area contributed by atoms with Gasteiger partial charge in [0.15, 0.2) is 29.8 Å². The zero-order chi connectivity index (χ0) is 29.9. The average molecular weight is 617 g/mol. The van der Waals surface area contributed by atoms with Gasteiger partial charge >= 0.3 is 0 Å². The van der Waals surface area contributed by atoms with E-state index in [1.54, 1.807) is 18.2 Å². The number of methoxy groups -OCH3 is 2.